The van der Waals surface area contributed by atoms with E-state index in [4.69, 9.17) is 4.74 Å². The van der Waals surface area contributed by atoms with E-state index in [1.165, 1.54) is 5.56 Å². The molecule has 1 amide bonds. The summed E-state index contributed by atoms with van der Waals surface area (Å²) in [5.74, 6) is 0.620. The van der Waals surface area contributed by atoms with E-state index in [0.29, 0.717) is 6.54 Å². The van der Waals surface area contributed by atoms with E-state index in [1.807, 2.05) is 18.2 Å². The molecule has 0 bridgehead atoms. The third-order valence-electron chi connectivity index (χ3n) is 3.51. The van der Waals surface area contributed by atoms with Gasteiger partial charge in [0.05, 0.1) is 5.69 Å². The van der Waals surface area contributed by atoms with E-state index in [2.05, 4.69) is 41.8 Å². The topological polar surface area (TPSA) is 50.4 Å². The van der Waals surface area contributed by atoms with Crippen molar-refractivity contribution in [3.8, 4) is 5.75 Å². The highest BCUT2D eigenvalue weighted by Crippen LogP contribution is 2.28. The Morgan fingerprint density at radius 2 is 2.10 bits per heavy atom. The molecular formula is C17H18N2O2. The third-order valence-corrected chi connectivity index (χ3v) is 3.51. The third kappa shape index (κ3) is 3.16. The lowest BCUT2D eigenvalue weighted by molar-refractivity contribution is -0.118. The molecular weight excluding hydrogens is 264 g/mol. The summed E-state index contributed by atoms with van der Waals surface area (Å²) in [5.41, 5.74) is 4.26. The van der Waals surface area contributed by atoms with Gasteiger partial charge in [0, 0.05) is 12.2 Å². The van der Waals surface area contributed by atoms with Crippen LogP contribution in [-0.2, 0) is 17.8 Å². The minimum atomic E-state index is -0.108. The molecule has 2 N–H and O–H groups in total. The van der Waals surface area contributed by atoms with Gasteiger partial charge < -0.3 is 15.4 Å². The normalized spacial score (nSPS) is 13.1. The van der Waals surface area contributed by atoms with Gasteiger partial charge in [-0.1, -0.05) is 25.1 Å². The summed E-state index contributed by atoms with van der Waals surface area (Å²) in [6.07, 6.45) is 1.03. The molecule has 108 valence electrons. The lowest BCUT2D eigenvalue weighted by atomic mass is 10.1. The van der Waals surface area contributed by atoms with Gasteiger partial charge in [-0.2, -0.15) is 0 Å². The molecule has 2 aromatic carbocycles. The van der Waals surface area contributed by atoms with Crippen molar-refractivity contribution in [1.82, 2.24) is 0 Å². The number of carbonyl (C=O) groups is 1. The van der Waals surface area contributed by atoms with Crippen molar-refractivity contribution in [3.05, 3.63) is 53.6 Å². The number of nitrogens with one attached hydrogen (secondary N) is 2. The number of amides is 1. The quantitative estimate of drug-likeness (QED) is 0.905. The van der Waals surface area contributed by atoms with Crippen molar-refractivity contribution < 1.29 is 9.53 Å². The van der Waals surface area contributed by atoms with Gasteiger partial charge in [0.2, 0.25) is 0 Å². The number of anilines is 2. The van der Waals surface area contributed by atoms with E-state index in [9.17, 15) is 4.79 Å². The molecule has 0 atom stereocenters. The molecule has 21 heavy (non-hydrogen) atoms. The maximum absolute atomic E-state index is 11.3. The molecule has 0 aliphatic carbocycles. The van der Waals surface area contributed by atoms with E-state index >= 15 is 0 Å². The monoisotopic (exact) mass is 282 g/mol. The molecule has 0 fully saturated rings. The molecule has 2 aromatic rings. The lowest BCUT2D eigenvalue weighted by Crippen LogP contribution is -2.25. The van der Waals surface area contributed by atoms with Crippen LogP contribution in [0.1, 0.15) is 18.1 Å². The first-order valence-corrected chi connectivity index (χ1v) is 7.13. The first-order valence-electron chi connectivity index (χ1n) is 7.13. The highest BCUT2D eigenvalue weighted by molar-refractivity contribution is 5.95. The fourth-order valence-corrected chi connectivity index (χ4v) is 2.35. The largest absolute Gasteiger partial charge is 0.482 e. The van der Waals surface area contributed by atoms with E-state index in [1.54, 1.807) is 0 Å². The Labute approximate surface area is 124 Å². The first kappa shape index (κ1) is 13.5. The summed E-state index contributed by atoms with van der Waals surface area (Å²) >= 11 is 0. The Kier molecular flexibility index (Phi) is 3.77. The zero-order valence-electron chi connectivity index (χ0n) is 12.0. The predicted octanol–water partition coefficient (Wildman–Crippen LogP) is 3.19. The lowest BCUT2D eigenvalue weighted by Gasteiger charge is -2.18. The van der Waals surface area contributed by atoms with Crippen LogP contribution >= 0.6 is 0 Å². The minimum absolute atomic E-state index is 0.0917. The van der Waals surface area contributed by atoms with Gasteiger partial charge in [0.25, 0.3) is 5.91 Å². The molecule has 0 saturated carbocycles. The van der Waals surface area contributed by atoms with Gasteiger partial charge in [-0.3, -0.25) is 4.79 Å². The van der Waals surface area contributed by atoms with E-state index < -0.39 is 0 Å². The zero-order chi connectivity index (χ0) is 14.7. The van der Waals surface area contributed by atoms with Crippen LogP contribution in [-0.4, -0.2) is 12.5 Å². The van der Waals surface area contributed by atoms with Crippen molar-refractivity contribution in [2.45, 2.75) is 19.9 Å². The summed E-state index contributed by atoms with van der Waals surface area (Å²) in [5, 5.41) is 6.23. The first-order chi connectivity index (χ1) is 10.2. The molecule has 0 radical (unpaired) electrons. The Bertz CT molecular complexity index is 668. The number of rotatable bonds is 4. The average molecular weight is 282 g/mol. The Hall–Kier alpha value is -2.49. The number of benzene rings is 2. The van der Waals surface area contributed by atoms with E-state index in [0.717, 1.165) is 29.1 Å². The highest BCUT2D eigenvalue weighted by atomic mass is 16.5. The predicted molar refractivity (Wildman–Crippen MR) is 83.7 cm³/mol. The molecule has 0 aromatic heterocycles. The summed E-state index contributed by atoms with van der Waals surface area (Å²) in [6, 6.07) is 14.2. The van der Waals surface area contributed by atoms with Crippen LogP contribution in [0.3, 0.4) is 0 Å². The molecule has 4 nitrogen and oxygen atoms in total. The maximum Gasteiger partial charge on any atom is 0.262 e. The van der Waals surface area contributed by atoms with Crippen LogP contribution in [0.5, 0.6) is 5.75 Å². The van der Waals surface area contributed by atoms with Gasteiger partial charge in [0.1, 0.15) is 5.75 Å². The van der Waals surface area contributed by atoms with Crippen LogP contribution < -0.4 is 15.4 Å². The SMILES string of the molecule is CCc1cccc(NCc2ccc3c(c2)NC(=O)CO3)c1. The van der Waals surface area contributed by atoms with Crippen molar-refractivity contribution in [2.24, 2.45) is 0 Å². The van der Waals surface area contributed by atoms with Crippen LogP contribution in [0.15, 0.2) is 42.5 Å². The molecule has 1 heterocycles. The summed E-state index contributed by atoms with van der Waals surface area (Å²) in [7, 11) is 0. The summed E-state index contributed by atoms with van der Waals surface area (Å²) in [6.45, 7) is 2.94. The smallest absolute Gasteiger partial charge is 0.262 e. The van der Waals surface area contributed by atoms with Crippen molar-refractivity contribution in [1.29, 1.82) is 0 Å². The van der Waals surface area contributed by atoms with Crippen LogP contribution in [0.2, 0.25) is 0 Å². The molecule has 0 saturated heterocycles. The van der Waals surface area contributed by atoms with Crippen LogP contribution in [0, 0.1) is 0 Å². The van der Waals surface area contributed by atoms with Crippen LogP contribution in [0.25, 0.3) is 0 Å². The van der Waals surface area contributed by atoms with Crippen LogP contribution in [0.4, 0.5) is 11.4 Å². The van der Waals surface area contributed by atoms with E-state index in [-0.39, 0.29) is 12.5 Å². The van der Waals surface area contributed by atoms with Crippen molar-refractivity contribution in [2.75, 3.05) is 17.2 Å². The molecule has 1 aliphatic rings. The molecule has 0 spiro atoms. The second-order valence-electron chi connectivity index (χ2n) is 5.07. The molecule has 4 heteroatoms. The number of ether oxygens (including phenoxy) is 1. The molecule has 1 aliphatic heterocycles. The van der Waals surface area contributed by atoms with Gasteiger partial charge in [0.15, 0.2) is 6.61 Å². The van der Waals surface area contributed by atoms with Gasteiger partial charge >= 0.3 is 0 Å². The minimum Gasteiger partial charge on any atom is -0.482 e. The Morgan fingerprint density at radius 1 is 1.19 bits per heavy atom. The number of fused-ring (bicyclic) bond motifs is 1. The maximum atomic E-state index is 11.3. The number of aryl methyl sites for hydroxylation is 1. The number of carbonyl (C=O) groups excluding carboxylic acids is 1. The number of hydrogen-bond donors (Lipinski definition) is 2. The summed E-state index contributed by atoms with van der Waals surface area (Å²) < 4.78 is 5.35. The number of hydrogen-bond acceptors (Lipinski definition) is 3. The van der Waals surface area contributed by atoms with Gasteiger partial charge in [-0.15, -0.1) is 0 Å². The Morgan fingerprint density at radius 3 is 2.95 bits per heavy atom. The molecule has 3 rings (SSSR count). The van der Waals surface area contributed by atoms with Gasteiger partial charge in [-0.05, 0) is 41.8 Å². The second-order valence-corrected chi connectivity index (χ2v) is 5.07. The zero-order valence-corrected chi connectivity index (χ0v) is 12.0. The highest BCUT2D eigenvalue weighted by Gasteiger charge is 2.15. The molecule has 0 unspecified atom stereocenters. The van der Waals surface area contributed by atoms with Crippen molar-refractivity contribution >= 4 is 17.3 Å². The second kappa shape index (κ2) is 5.87. The fourth-order valence-electron chi connectivity index (χ4n) is 2.35. The van der Waals surface area contributed by atoms with Crippen molar-refractivity contribution in [3.63, 3.8) is 0 Å². The average Bonchev–Trinajstić information content (AvgIpc) is 2.52. The fraction of sp³-hybridized carbons (Fsp3) is 0.235. The van der Waals surface area contributed by atoms with Gasteiger partial charge in [-0.25, -0.2) is 0 Å². The standard InChI is InChI=1S/C17H18N2O2/c1-2-12-4-3-5-14(8-12)18-10-13-6-7-16-15(9-13)19-17(20)11-21-16/h3-9,18H,2,10-11H2,1H3,(H,19,20). The Balaban J connectivity index is 1.70. The summed E-state index contributed by atoms with van der Waals surface area (Å²) in [4.78, 5) is 11.3.